The van der Waals surface area contributed by atoms with Crippen molar-refractivity contribution in [2.45, 2.75) is 59.9 Å². The van der Waals surface area contributed by atoms with E-state index in [4.69, 9.17) is 4.74 Å². The number of aliphatic carboxylic acids is 1. The van der Waals surface area contributed by atoms with E-state index < -0.39 is 17.4 Å². The summed E-state index contributed by atoms with van der Waals surface area (Å²) in [5.74, 6) is -1.87. The third-order valence-electron chi connectivity index (χ3n) is 4.37. The van der Waals surface area contributed by atoms with Crippen LogP contribution in [0.4, 0.5) is 0 Å². The number of carboxylic acid groups (broad SMARTS) is 1. The predicted octanol–water partition coefficient (Wildman–Crippen LogP) is 3.41. The molecule has 0 amide bonds. The quantitative estimate of drug-likeness (QED) is 0.264. The van der Waals surface area contributed by atoms with Crippen molar-refractivity contribution in [2.24, 2.45) is 11.3 Å². The molecule has 0 radical (unpaired) electrons. The van der Waals surface area contributed by atoms with Crippen LogP contribution in [0, 0.1) is 11.3 Å². The average Bonchev–Trinajstić information content (AvgIpc) is 2.59. The Morgan fingerprint density at radius 2 is 1.68 bits per heavy atom. The molecule has 0 N–H and O–H groups in total. The van der Waals surface area contributed by atoms with E-state index in [0.29, 0.717) is 0 Å². The molecule has 0 aromatic heterocycles. The number of carbonyl (C=O) groups is 2. The molecule has 1 aromatic carbocycles. The molecule has 0 aliphatic rings. The molecule has 0 saturated heterocycles. The molecule has 1 atom stereocenters. The zero-order valence-electron chi connectivity index (χ0n) is 18.8. The predicted molar refractivity (Wildman–Crippen MR) is 111 cm³/mol. The summed E-state index contributed by atoms with van der Waals surface area (Å²) in [6.45, 7) is 8.80. The third-order valence-corrected chi connectivity index (χ3v) is 4.37. The fraction of sp³-hybridized carbons (Fsp3) is 0.652. The van der Waals surface area contributed by atoms with Gasteiger partial charge < -0.3 is 19.1 Å². The van der Waals surface area contributed by atoms with Gasteiger partial charge in [0.05, 0.1) is 33.7 Å². The minimum Gasteiger partial charge on any atom is -0.549 e. The summed E-state index contributed by atoms with van der Waals surface area (Å²) >= 11 is 0. The van der Waals surface area contributed by atoms with Gasteiger partial charge in [-0.05, 0) is 25.2 Å². The first kappa shape index (κ1) is 26.1. The molecule has 1 unspecified atom stereocenters. The van der Waals surface area contributed by atoms with Crippen molar-refractivity contribution in [1.29, 1.82) is 0 Å². The molecule has 0 aliphatic heterocycles. The molecule has 0 saturated carbocycles. The van der Waals surface area contributed by atoms with Crippen molar-refractivity contribution in [1.82, 2.24) is 0 Å². The topological polar surface area (TPSA) is 66.4 Å². The van der Waals surface area contributed by atoms with E-state index in [9.17, 15) is 14.7 Å². The SMILES string of the molecule is CCCCOC(=O)C(CC)(CC(C)C)C(=O)[O-].C[N+](C)(C)Cc1ccccc1. The van der Waals surface area contributed by atoms with Crippen LogP contribution in [0.1, 0.15) is 58.9 Å². The lowest BCUT2D eigenvalue weighted by atomic mass is 9.78. The van der Waals surface area contributed by atoms with E-state index in [1.54, 1.807) is 6.92 Å². The van der Waals surface area contributed by atoms with Crippen LogP contribution in [0.15, 0.2) is 30.3 Å². The Morgan fingerprint density at radius 1 is 1.11 bits per heavy atom. The van der Waals surface area contributed by atoms with Crippen LogP contribution in [0.2, 0.25) is 0 Å². The summed E-state index contributed by atoms with van der Waals surface area (Å²) in [4.78, 5) is 23.2. The first-order valence-electron chi connectivity index (χ1n) is 10.2. The van der Waals surface area contributed by atoms with Crippen LogP contribution >= 0.6 is 0 Å². The molecule has 5 nitrogen and oxygen atoms in total. The Kier molecular flexibility index (Phi) is 11.7. The second-order valence-electron chi connectivity index (χ2n) is 8.74. The summed E-state index contributed by atoms with van der Waals surface area (Å²) in [5, 5.41) is 11.3. The van der Waals surface area contributed by atoms with E-state index in [-0.39, 0.29) is 25.4 Å². The van der Waals surface area contributed by atoms with Gasteiger partial charge in [0.1, 0.15) is 12.0 Å². The van der Waals surface area contributed by atoms with Gasteiger partial charge in [-0.3, -0.25) is 4.79 Å². The molecule has 0 bridgehead atoms. The lowest BCUT2D eigenvalue weighted by molar-refractivity contribution is -0.884. The molecule has 1 aromatic rings. The fourth-order valence-electron chi connectivity index (χ4n) is 2.96. The van der Waals surface area contributed by atoms with Gasteiger partial charge in [-0.2, -0.15) is 0 Å². The summed E-state index contributed by atoms with van der Waals surface area (Å²) in [6, 6.07) is 10.6. The first-order chi connectivity index (χ1) is 13.0. The van der Waals surface area contributed by atoms with Gasteiger partial charge in [0.2, 0.25) is 0 Å². The second-order valence-corrected chi connectivity index (χ2v) is 8.74. The monoisotopic (exact) mass is 393 g/mol. The van der Waals surface area contributed by atoms with E-state index in [2.05, 4.69) is 51.5 Å². The number of nitrogens with zero attached hydrogens (tertiary/aromatic N) is 1. The molecule has 5 heteroatoms. The van der Waals surface area contributed by atoms with E-state index in [1.807, 2.05) is 20.8 Å². The van der Waals surface area contributed by atoms with Crippen LogP contribution < -0.4 is 5.11 Å². The number of benzene rings is 1. The first-order valence-corrected chi connectivity index (χ1v) is 10.2. The molecule has 1 rings (SSSR count). The number of carboxylic acids is 1. The molecular weight excluding hydrogens is 354 g/mol. The lowest BCUT2D eigenvalue weighted by Crippen LogP contribution is -2.49. The van der Waals surface area contributed by atoms with Crippen molar-refractivity contribution in [3.63, 3.8) is 0 Å². The smallest absolute Gasteiger partial charge is 0.317 e. The largest absolute Gasteiger partial charge is 0.549 e. The summed E-state index contributed by atoms with van der Waals surface area (Å²) in [5.41, 5.74) is -0.0814. The number of carbonyl (C=O) groups excluding carboxylic acids is 2. The summed E-state index contributed by atoms with van der Waals surface area (Å²) in [7, 11) is 6.60. The van der Waals surface area contributed by atoms with Crippen molar-refractivity contribution in [2.75, 3.05) is 27.7 Å². The zero-order chi connectivity index (χ0) is 21.8. The van der Waals surface area contributed by atoms with E-state index >= 15 is 0 Å². The van der Waals surface area contributed by atoms with E-state index in [1.165, 1.54) is 5.56 Å². The number of ether oxygens (including phenoxy) is 1. The second kappa shape index (κ2) is 12.6. The number of esters is 1. The lowest BCUT2D eigenvalue weighted by Gasteiger charge is -2.32. The van der Waals surface area contributed by atoms with Gasteiger partial charge in [0.15, 0.2) is 0 Å². The number of hydrogen-bond acceptors (Lipinski definition) is 4. The highest BCUT2D eigenvalue weighted by molar-refractivity contribution is 5.98. The molecule has 160 valence electrons. The van der Waals surface area contributed by atoms with Crippen molar-refractivity contribution in [3.05, 3.63) is 35.9 Å². The maximum atomic E-state index is 11.9. The van der Waals surface area contributed by atoms with Gasteiger partial charge in [-0.15, -0.1) is 0 Å². The van der Waals surface area contributed by atoms with Crippen molar-refractivity contribution in [3.8, 4) is 0 Å². The molecule has 0 fully saturated rings. The average molecular weight is 394 g/mol. The van der Waals surface area contributed by atoms with Crippen molar-refractivity contribution >= 4 is 11.9 Å². The van der Waals surface area contributed by atoms with Gasteiger partial charge in [-0.1, -0.05) is 64.4 Å². The third kappa shape index (κ3) is 9.88. The Bertz CT molecular complexity index is 578. The standard InChI is InChI=1S/C13H24O4.C10H16N/c1-5-7-8-17-12(16)13(6-2,11(14)15)9-10(3)4;1-11(2,3)9-10-7-5-4-6-8-10/h10H,5-9H2,1-4H3,(H,14,15);4-8H,9H2,1-3H3/q;+1/p-1. The Hall–Kier alpha value is -1.88. The highest BCUT2D eigenvalue weighted by Gasteiger charge is 2.40. The normalized spacial score (nSPS) is 13.3. The van der Waals surface area contributed by atoms with Gasteiger partial charge >= 0.3 is 5.97 Å². The minimum atomic E-state index is -1.48. The van der Waals surface area contributed by atoms with Crippen LogP contribution in [0.3, 0.4) is 0 Å². The maximum absolute atomic E-state index is 11.9. The minimum absolute atomic E-state index is 0.103. The number of unbranched alkanes of at least 4 members (excludes halogenated alkanes) is 1. The Balaban J connectivity index is 0.000000567. The molecule has 0 spiro atoms. The molecule has 28 heavy (non-hydrogen) atoms. The van der Waals surface area contributed by atoms with E-state index in [0.717, 1.165) is 23.9 Å². The maximum Gasteiger partial charge on any atom is 0.317 e. The highest BCUT2D eigenvalue weighted by Crippen LogP contribution is 2.31. The Labute approximate surface area is 171 Å². The number of hydrogen-bond donors (Lipinski definition) is 0. The van der Waals surface area contributed by atoms with Crippen LogP contribution in [-0.4, -0.2) is 44.2 Å². The van der Waals surface area contributed by atoms with Crippen LogP contribution in [-0.2, 0) is 20.9 Å². The number of quaternary nitrogens is 1. The van der Waals surface area contributed by atoms with Gasteiger partial charge in [0, 0.05) is 5.56 Å². The zero-order valence-corrected chi connectivity index (χ0v) is 18.8. The summed E-state index contributed by atoms with van der Waals surface area (Å²) in [6.07, 6.45) is 2.12. The molecule has 0 heterocycles. The van der Waals surface area contributed by atoms with Crippen molar-refractivity contribution < 1.29 is 23.9 Å². The Morgan fingerprint density at radius 3 is 2.07 bits per heavy atom. The number of rotatable bonds is 10. The van der Waals surface area contributed by atoms with Gasteiger partial charge in [0.25, 0.3) is 0 Å². The van der Waals surface area contributed by atoms with Gasteiger partial charge in [-0.25, -0.2) is 0 Å². The highest BCUT2D eigenvalue weighted by atomic mass is 16.5. The fourth-order valence-corrected chi connectivity index (χ4v) is 2.96. The summed E-state index contributed by atoms with van der Waals surface area (Å²) < 4.78 is 6.03. The van der Waals surface area contributed by atoms with Crippen LogP contribution in [0.25, 0.3) is 0 Å². The molecule has 0 aliphatic carbocycles. The van der Waals surface area contributed by atoms with Crippen LogP contribution in [0.5, 0.6) is 0 Å². The molecular formula is C23H39NO4.